The summed E-state index contributed by atoms with van der Waals surface area (Å²) in [4.78, 5) is 31.6. The summed E-state index contributed by atoms with van der Waals surface area (Å²) in [5, 5.41) is 3.38. The molecule has 2 aliphatic rings. The lowest BCUT2D eigenvalue weighted by molar-refractivity contribution is 0.122. The Kier molecular flexibility index (Phi) is 11.8. The molecule has 0 aliphatic carbocycles. The number of aliphatic imine (C=N–C) groups is 2. The number of anilines is 4. The van der Waals surface area contributed by atoms with Crippen LogP contribution in [-0.4, -0.2) is 97.4 Å². The van der Waals surface area contributed by atoms with Crippen LogP contribution < -0.4 is 34.2 Å². The van der Waals surface area contributed by atoms with E-state index in [-0.39, 0.29) is 11.8 Å². The summed E-state index contributed by atoms with van der Waals surface area (Å²) in [6, 6.07) is 17.3. The maximum absolute atomic E-state index is 14.1. The molecule has 12 nitrogen and oxygen atoms in total. The number of hydrogen-bond acceptors (Lipinski definition) is 9. The molecule has 2 aliphatic heterocycles. The first-order chi connectivity index (χ1) is 23.7. The topological polar surface area (TPSA) is 104 Å². The number of likely N-dealkylation sites (N-methyl/N-ethyl adjacent to an activating group) is 1. The van der Waals surface area contributed by atoms with Gasteiger partial charge in [0, 0.05) is 62.4 Å². The average molecular weight is 670 g/mol. The van der Waals surface area contributed by atoms with E-state index in [0.717, 1.165) is 67.5 Å². The van der Waals surface area contributed by atoms with Crippen LogP contribution in [0.1, 0.15) is 18.1 Å². The molecule has 0 aromatic heterocycles. The van der Waals surface area contributed by atoms with Crippen LogP contribution >= 0.6 is 0 Å². The number of carbonyl (C=O) groups excluding carboxylic acids is 1. The maximum atomic E-state index is 14.1. The second-order valence-corrected chi connectivity index (χ2v) is 12.0. The molecule has 0 bridgehead atoms. The van der Waals surface area contributed by atoms with E-state index in [1.165, 1.54) is 12.0 Å². The number of guanidine groups is 1. The van der Waals surface area contributed by atoms with Crippen LogP contribution in [0.25, 0.3) is 0 Å². The van der Waals surface area contributed by atoms with E-state index in [1.807, 2.05) is 32.0 Å². The number of piperazine rings is 1. The fraction of sp³-hybridized carbons (Fsp3) is 0.378. The number of nitrogens with zero attached hydrogens (tertiary/aromatic N) is 6. The van der Waals surface area contributed by atoms with Crippen LogP contribution in [0.2, 0.25) is 0 Å². The van der Waals surface area contributed by atoms with Crippen LogP contribution in [0, 0.1) is 13.8 Å². The van der Waals surface area contributed by atoms with Crippen molar-refractivity contribution in [3.8, 4) is 17.2 Å². The van der Waals surface area contributed by atoms with Gasteiger partial charge in [-0.1, -0.05) is 18.2 Å². The number of ether oxygens (including phenoxy) is 4. The summed E-state index contributed by atoms with van der Waals surface area (Å²) in [6.07, 6.45) is 1.04. The summed E-state index contributed by atoms with van der Waals surface area (Å²) < 4.78 is 22.8. The number of hydrogen-bond donors (Lipinski definition) is 1. The van der Waals surface area contributed by atoms with Gasteiger partial charge < -0.3 is 39.0 Å². The highest BCUT2D eigenvalue weighted by molar-refractivity contribution is 6.00. The van der Waals surface area contributed by atoms with Crippen LogP contribution in [0.3, 0.4) is 0 Å². The van der Waals surface area contributed by atoms with E-state index in [0.29, 0.717) is 36.1 Å². The lowest BCUT2D eigenvalue weighted by Gasteiger charge is -2.35. The molecule has 3 aromatic rings. The first-order valence-corrected chi connectivity index (χ1v) is 16.4. The van der Waals surface area contributed by atoms with Crippen molar-refractivity contribution >= 4 is 41.5 Å². The van der Waals surface area contributed by atoms with Gasteiger partial charge in [-0.05, 0) is 82.1 Å². The lowest BCUT2D eigenvalue weighted by atomic mass is 10.1. The molecular weight excluding hydrogens is 622 g/mol. The number of amides is 1. The fourth-order valence-corrected chi connectivity index (χ4v) is 5.88. The zero-order valence-electron chi connectivity index (χ0n) is 29.4. The quantitative estimate of drug-likeness (QED) is 0.219. The Morgan fingerprint density at radius 2 is 1.57 bits per heavy atom. The molecule has 49 heavy (non-hydrogen) atoms. The standard InChI is InChI=1S/C37H47N7O5/c1-8-34(44(32-13-12-31(46-6)25-33(32)47-7)37(45)49-35-26(2)10-9-11-27(35)3)40-36(38-4)39-28-22-29(42-16-14-41(5)15-17-42)24-30(23-28)43-18-20-48-21-19-43/h8-13,22-25H,4,14-21H2,1-3,5-7H3,(H,39,40)/b34-8+. The fourth-order valence-electron chi connectivity index (χ4n) is 5.88. The molecule has 1 N–H and O–H groups in total. The Bertz CT molecular complexity index is 1670. The van der Waals surface area contributed by atoms with Crippen molar-refractivity contribution in [2.45, 2.75) is 20.8 Å². The molecule has 12 heteroatoms. The Labute approximate surface area is 289 Å². The Morgan fingerprint density at radius 1 is 0.918 bits per heavy atom. The van der Waals surface area contributed by atoms with Crippen molar-refractivity contribution in [3.63, 3.8) is 0 Å². The van der Waals surface area contributed by atoms with Crippen molar-refractivity contribution in [2.24, 2.45) is 9.98 Å². The van der Waals surface area contributed by atoms with Crippen LogP contribution in [0.5, 0.6) is 17.2 Å². The molecule has 0 unspecified atom stereocenters. The van der Waals surface area contributed by atoms with Gasteiger partial charge in [0.2, 0.25) is 5.96 Å². The van der Waals surface area contributed by atoms with Crippen molar-refractivity contribution in [1.82, 2.24) is 4.90 Å². The minimum absolute atomic E-state index is 0.203. The van der Waals surface area contributed by atoms with E-state index in [9.17, 15) is 4.79 Å². The van der Waals surface area contributed by atoms with Gasteiger partial charge in [0.15, 0.2) is 0 Å². The highest BCUT2D eigenvalue weighted by Gasteiger charge is 2.27. The molecule has 5 rings (SSSR count). The number of benzene rings is 3. The highest BCUT2D eigenvalue weighted by Crippen LogP contribution is 2.36. The summed E-state index contributed by atoms with van der Waals surface area (Å²) in [5.74, 6) is 1.89. The number of para-hydroxylation sites is 1. The van der Waals surface area contributed by atoms with E-state index in [1.54, 1.807) is 38.3 Å². The molecule has 0 radical (unpaired) electrons. The maximum Gasteiger partial charge on any atom is 0.425 e. The number of allylic oxidation sites excluding steroid dienone is 1. The monoisotopic (exact) mass is 669 g/mol. The molecule has 2 saturated heterocycles. The zero-order chi connectivity index (χ0) is 34.9. The molecule has 0 atom stereocenters. The number of aryl methyl sites for hydroxylation is 2. The predicted octanol–water partition coefficient (Wildman–Crippen LogP) is 5.94. The molecule has 1 amide bonds. The van der Waals surface area contributed by atoms with E-state index < -0.39 is 6.09 Å². The van der Waals surface area contributed by atoms with Crippen molar-refractivity contribution in [3.05, 3.63) is 77.6 Å². The molecule has 3 aromatic carbocycles. The van der Waals surface area contributed by atoms with Gasteiger partial charge in [0.1, 0.15) is 23.1 Å². The first kappa shape index (κ1) is 35.2. The number of morpholine rings is 1. The summed E-state index contributed by atoms with van der Waals surface area (Å²) >= 11 is 0. The number of carbonyl (C=O) groups is 1. The second kappa shape index (κ2) is 16.4. The van der Waals surface area contributed by atoms with Gasteiger partial charge in [-0.25, -0.2) is 14.7 Å². The molecule has 260 valence electrons. The number of nitrogens with one attached hydrogen (secondary N) is 1. The summed E-state index contributed by atoms with van der Waals surface area (Å²) in [7, 11) is 5.25. The van der Waals surface area contributed by atoms with Gasteiger partial charge in [0.05, 0.1) is 33.1 Å². The van der Waals surface area contributed by atoms with E-state index in [4.69, 9.17) is 23.9 Å². The van der Waals surface area contributed by atoms with Gasteiger partial charge in [0.25, 0.3) is 0 Å². The van der Waals surface area contributed by atoms with Gasteiger partial charge in [-0.15, -0.1) is 0 Å². The number of methoxy groups -OCH3 is 2. The minimum atomic E-state index is -0.673. The summed E-state index contributed by atoms with van der Waals surface area (Å²) in [6.45, 7) is 16.2. The van der Waals surface area contributed by atoms with Crippen molar-refractivity contribution < 1.29 is 23.7 Å². The van der Waals surface area contributed by atoms with Gasteiger partial charge in [-0.3, -0.25) is 0 Å². The normalized spacial score (nSPS) is 15.9. The number of rotatable bonds is 9. The minimum Gasteiger partial charge on any atom is -0.497 e. The van der Waals surface area contributed by atoms with E-state index in [2.05, 4.69) is 57.0 Å². The molecule has 0 saturated carbocycles. The smallest absolute Gasteiger partial charge is 0.425 e. The van der Waals surface area contributed by atoms with Gasteiger partial charge >= 0.3 is 6.09 Å². The lowest BCUT2D eigenvalue weighted by Crippen LogP contribution is -2.44. The Hall–Kier alpha value is -5.07. The van der Waals surface area contributed by atoms with E-state index >= 15 is 0 Å². The Balaban J connectivity index is 1.53. The molecule has 2 fully saturated rings. The molecule has 2 heterocycles. The van der Waals surface area contributed by atoms with Crippen LogP contribution in [0.15, 0.2) is 76.5 Å². The first-order valence-electron chi connectivity index (χ1n) is 16.4. The Morgan fingerprint density at radius 3 is 2.16 bits per heavy atom. The van der Waals surface area contributed by atoms with Crippen molar-refractivity contribution in [1.29, 1.82) is 0 Å². The van der Waals surface area contributed by atoms with Crippen LogP contribution in [0.4, 0.5) is 27.5 Å². The van der Waals surface area contributed by atoms with Crippen molar-refractivity contribution in [2.75, 3.05) is 93.8 Å². The predicted molar refractivity (Wildman–Crippen MR) is 198 cm³/mol. The third kappa shape index (κ3) is 8.51. The van der Waals surface area contributed by atoms with Crippen LogP contribution in [-0.2, 0) is 4.74 Å². The zero-order valence-corrected chi connectivity index (χ0v) is 29.4. The highest BCUT2D eigenvalue weighted by atomic mass is 16.6. The molecular formula is C37H47N7O5. The third-order valence-electron chi connectivity index (χ3n) is 8.67. The average Bonchev–Trinajstić information content (AvgIpc) is 3.13. The van der Waals surface area contributed by atoms with Gasteiger partial charge in [-0.2, -0.15) is 4.99 Å². The third-order valence-corrected chi connectivity index (χ3v) is 8.67. The molecule has 0 spiro atoms. The summed E-state index contributed by atoms with van der Waals surface area (Å²) in [5.41, 5.74) is 5.05. The second-order valence-electron chi connectivity index (χ2n) is 12.0. The largest absolute Gasteiger partial charge is 0.497 e. The SMILES string of the molecule is C=NC(=N/C(=C\C)N(C(=O)Oc1c(C)cccc1C)c1ccc(OC)cc1OC)Nc1cc(N2CCOCC2)cc(N2CCN(C)CC2)c1.